The Balaban J connectivity index is 2.51. The third-order valence-electron chi connectivity index (χ3n) is 1.64. The minimum absolute atomic E-state index is 0.333. The maximum absolute atomic E-state index is 12.5. The summed E-state index contributed by atoms with van der Waals surface area (Å²) in [5, 5.41) is 12.4. The summed E-state index contributed by atoms with van der Waals surface area (Å²) >= 11 is 0. The summed E-state index contributed by atoms with van der Waals surface area (Å²) in [5.74, 6) is -0.923. The van der Waals surface area contributed by atoms with Crippen LogP contribution in [0.2, 0.25) is 0 Å². The number of benzene rings is 1. The summed E-state index contributed by atoms with van der Waals surface area (Å²) < 4.78 is 12.5. The molecular formula is C10H11FN2O2. The van der Waals surface area contributed by atoms with Crippen LogP contribution in [0.15, 0.2) is 29.4 Å². The van der Waals surface area contributed by atoms with Crippen LogP contribution in [-0.2, 0) is 4.79 Å². The molecule has 0 saturated heterocycles. The van der Waals surface area contributed by atoms with Gasteiger partial charge in [-0.2, -0.15) is 5.10 Å². The van der Waals surface area contributed by atoms with Crippen molar-refractivity contribution in [3.63, 3.8) is 0 Å². The van der Waals surface area contributed by atoms with Gasteiger partial charge in [0.1, 0.15) is 11.9 Å². The van der Waals surface area contributed by atoms with Gasteiger partial charge in [-0.3, -0.25) is 4.79 Å². The largest absolute Gasteiger partial charge is 0.383 e. The number of amides is 1. The Bertz CT molecular complexity index is 360. The molecule has 0 radical (unpaired) electrons. The molecule has 1 rings (SSSR count). The maximum Gasteiger partial charge on any atom is 0.268 e. The lowest BCUT2D eigenvalue weighted by molar-refractivity contribution is -0.128. The Hall–Kier alpha value is -1.75. The van der Waals surface area contributed by atoms with Gasteiger partial charge in [0.05, 0.1) is 6.21 Å². The van der Waals surface area contributed by atoms with Crippen molar-refractivity contribution >= 4 is 12.1 Å². The zero-order valence-corrected chi connectivity index (χ0v) is 8.14. The third-order valence-corrected chi connectivity index (χ3v) is 1.64. The smallest absolute Gasteiger partial charge is 0.268 e. The van der Waals surface area contributed by atoms with E-state index in [1.165, 1.54) is 37.4 Å². The lowest BCUT2D eigenvalue weighted by Crippen LogP contribution is -2.28. The van der Waals surface area contributed by atoms with Gasteiger partial charge in [0.2, 0.25) is 0 Å². The van der Waals surface area contributed by atoms with Gasteiger partial charge >= 0.3 is 0 Å². The van der Waals surface area contributed by atoms with E-state index in [-0.39, 0.29) is 5.82 Å². The van der Waals surface area contributed by atoms with Crippen LogP contribution in [0, 0.1) is 5.82 Å². The summed E-state index contributed by atoms with van der Waals surface area (Å²) in [5.41, 5.74) is 2.79. The molecule has 1 aromatic carbocycles. The van der Waals surface area contributed by atoms with E-state index in [2.05, 4.69) is 10.5 Å². The zero-order chi connectivity index (χ0) is 11.3. The normalized spacial score (nSPS) is 12.7. The van der Waals surface area contributed by atoms with Gasteiger partial charge in [-0.05, 0) is 24.6 Å². The lowest BCUT2D eigenvalue weighted by Gasteiger charge is -2.00. The van der Waals surface area contributed by atoms with Crippen molar-refractivity contribution in [2.75, 3.05) is 0 Å². The van der Waals surface area contributed by atoms with Crippen LogP contribution in [0.4, 0.5) is 4.39 Å². The van der Waals surface area contributed by atoms with E-state index in [1.54, 1.807) is 0 Å². The molecule has 4 nitrogen and oxygen atoms in total. The van der Waals surface area contributed by atoms with Gasteiger partial charge in [0, 0.05) is 0 Å². The number of nitrogens with one attached hydrogen (secondary N) is 1. The van der Waals surface area contributed by atoms with Crippen LogP contribution in [0.5, 0.6) is 0 Å². The Morgan fingerprint density at radius 1 is 1.53 bits per heavy atom. The van der Waals surface area contributed by atoms with Gasteiger partial charge in [0.25, 0.3) is 5.91 Å². The first-order valence-electron chi connectivity index (χ1n) is 4.36. The minimum Gasteiger partial charge on any atom is -0.383 e. The van der Waals surface area contributed by atoms with Crippen LogP contribution in [0.1, 0.15) is 12.5 Å². The van der Waals surface area contributed by atoms with E-state index in [4.69, 9.17) is 5.11 Å². The maximum atomic E-state index is 12.5. The van der Waals surface area contributed by atoms with E-state index in [1.807, 2.05) is 0 Å². The average Bonchev–Trinajstić information content (AvgIpc) is 2.20. The highest BCUT2D eigenvalue weighted by atomic mass is 19.1. The number of aliphatic hydroxyl groups excluding tert-OH is 1. The first-order valence-corrected chi connectivity index (χ1v) is 4.36. The standard InChI is InChI=1S/C10H11FN2O2/c1-7(14)10(15)13-12-6-8-2-4-9(11)5-3-8/h2-7,14H,1H3,(H,13,15)/b12-6-/t7-/m1/s1. The molecular weight excluding hydrogens is 199 g/mol. The molecule has 1 aromatic rings. The molecule has 0 aromatic heterocycles. The van der Waals surface area contributed by atoms with Crippen molar-refractivity contribution in [1.29, 1.82) is 0 Å². The van der Waals surface area contributed by atoms with E-state index in [0.29, 0.717) is 5.56 Å². The Morgan fingerprint density at radius 3 is 2.67 bits per heavy atom. The molecule has 0 bridgehead atoms. The van der Waals surface area contributed by atoms with E-state index in [9.17, 15) is 9.18 Å². The van der Waals surface area contributed by atoms with E-state index >= 15 is 0 Å². The monoisotopic (exact) mass is 210 g/mol. The molecule has 0 unspecified atom stereocenters. The van der Waals surface area contributed by atoms with Crippen LogP contribution < -0.4 is 5.43 Å². The molecule has 5 heteroatoms. The Kier molecular flexibility index (Phi) is 3.93. The fraction of sp³-hybridized carbons (Fsp3) is 0.200. The molecule has 0 saturated carbocycles. The Morgan fingerprint density at radius 2 is 2.13 bits per heavy atom. The number of hydrazone groups is 1. The second kappa shape index (κ2) is 5.21. The molecule has 1 atom stereocenters. The predicted molar refractivity (Wildman–Crippen MR) is 53.8 cm³/mol. The number of carbonyl (C=O) groups is 1. The number of carbonyl (C=O) groups excluding carboxylic acids is 1. The van der Waals surface area contributed by atoms with Gasteiger partial charge in [-0.1, -0.05) is 12.1 Å². The van der Waals surface area contributed by atoms with E-state index < -0.39 is 12.0 Å². The van der Waals surface area contributed by atoms with Gasteiger partial charge in [0.15, 0.2) is 0 Å². The van der Waals surface area contributed by atoms with Crippen LogP contribution in [0.25, 0.3) is 0 Å². The molecule has 80 valence electrons. The number of hydrogen-bond acceptors (Lipinski definition) is 3. The summed E-state index contributed by atoms with van der Waals surface area (Å²) in [6, 6.07) is 5.62. The molecule has 0 spiro atoms. The summed E-state index contributed by atoms with van der Waals surface area (Å²) in [6.07, 6.45) is 0.259. The van der Waals surface area contributed by atoms with Crippen LogP contribution >= 0.6 is 0 Å². The SMILES string of the molecule is C[C@@H](O)C(=O)N/N=C\c1ccc(F)cc1. The summed E-state index contributed by atoms with van der Waals surface area (Å²) in [4.78, 5) is 10.9. The van der Waals surface area contributed by atoms with Crippen molar-refractivity contribution in [2.45, 2.75) is 13.0 Å². The quantitative estimate of drug-likeness (QED) is 0.568. The fourth-order valence-electron chi connectivity index (χ4n) is 0.813. The Labute approximate surface area is 86.4 Å². The van der Waals surface area contributed by atoms with Crippen LogP contribution in [-0.4, -0.2) is 23.3 Å². The molecule has 1 amide bonds. The fourth-order valence-corrected chi connectivity index (χ4v) is 0.813. The average molecular weight is 210 g/mol. The molecule has 0 aliphatic heterocycles. The number of halogens is 1. The van der Waals surface area contributed by atoms with Crippen LogP contribution in [0.3, 0.4) is 0 Å². The number of aliphatic hydroxyl groups is 1. The number of nitrogens with zero attached hydrogens (tertiary/aromatic N) is 1. The highest BCUT2D eigenvalue weighted by Gasteiger charge is 2.05. The zero-order valence-electron chi connectivity index (χ0n) is 8.14. The summed E-state index contributed by atoms with van der Waals surface area (Å²) in [7, 11) is 0. The van der Waals surface area contributed by atoms with E-state index in [0.717, 1.165) is 0 Å². The van der Waals surface area contributed by atoms with Crippen molar-refractivity contribution in [3.8, 4) is 0 Å². The molecule has 2 N–H and O–H groups in total. The molecule has 0 aliphatic rings. The number of rotatable bonds is 3. The number of hydrogen-bond donors (Lipinski definition) is 2. The van der Waals surface area contributed by atoms with Crippen molar-refractivity contribution in [2.24, 2.45) is 5.10 Å². The van der Waals surface area contributed by atoms with Gasteiger partial charge in [-0.25, -0.2) is 9.82 Å². The van der Waals surface area contributed by atoms with Gasteiger partial charge in [-0.15, -0.1) is 0 Å². The third kappa shape index (κ3) is 3.86. The van der Waals surface area contributed by atoms with Crippen molar-refractivity contribution in [3.05, 3.63) is 35.6 Å². The highest BCUT2D eigenvalue weighted by molar-refractivity contribution is 5.83. The molecule has 15 heavy (non-hydrogen) atoms. The molecule has 0 aliphatic carbocycles. The second-order valence-corrected chi connectivity index (χ2v) is 2.96. The van der Waals surface area contributed by atoms with Gasteiger partial charge < -0.3 is 5.11 Å². The highest BCUT2D eigenvalue weighted by Crippen LogP contribution is 1.99. The summed E-state index contributed by atoms with van der Waals surface area (Å²) in [6.45, 7) is 1.34. The first kappa shape index (κ1) is 11.3. The first-order chi connectivity index (χ1) is 7.09. The topological polar surface area (TPSA) is 61.7 Å². The van der Waals surface area contributed by atoms with Crippen molar-refractivity contribution < 1.29 is 14.3 Å². The van der Waals surface area contributed by atoms with Crippen molar-refractivity contribution in [1.82, 2.24) is 5.43 Å². The second-order valence-electron chi connectivity index (χ2n) is 2.96. The molecule has 0 fully saturated rings. The predicted octanol–water partition coefficient (Wildman–Crippen LogP) is 0.657. The lowest BCUT2D eigenvalue weighted by atomic mass is 10.2. The molecule has 0 heterocycles. The minimum atomic E-state index is -1.10.